The summed E-state index contributed by atoms with van der Waals surface area (Å²) in [6.45, 7) is -0.469. The van der Waals surface area contributed by atoms with Gasteiger partial charge in [0.2, 0.25) is 10.0 Å². The molecule has 0 radical (unpaired) electrons. The van der Waals surface area contributed by atoms with Gasteiger partial charge in [-0.2, -0.15) is 0 Å². The molecule has 0 spiro atoms. The third-order valence-corrected chi connectivity index (χ3v) is 5.36. The zero-order chi connectivity index (χ0) is 19.2. The van der Waals surface area contributed by atoms with E-state index in [0.717, 1.165) is 23.0 Å². The fourth-order valence-electron chi connectivity index (χ4n) is 1.77. The van der Waals surface area contributed by atoms with E-state index in [4.69, 9.17) is 9.88 Å². The second-order valence-electron chi connectivity index (χ2n) is 4.99. The highest BCUT2D eigenvalue weighted by molar-refractivity contribution is 7.91. The summed E-state index contributed by atoms with van der Waals surface area (Å²) in [5.74, 6) is -1.73. The van der Waals surface area contributed by atoms with Crippen molar-refractivity contribution in [3.8, 4) is 0 Å². The second kappa shape index (κ2) is 8.56. The summed E-state index contributed by atoms with van der Waals surface area (Å²) in [5.41, 5.74) is 0.796. The van der Waals surface area contributed by atoms with Crippen LogP contribution in [0.4, 0.5) is 4.79 Å². The molecule has 0 atom stereocenters. The van der Waals surface area contributed by atoms with Crippen LogP contribution >= 0.6 is 11.3 Å². The van der Waals surface area contributed by atoms with Gasteiger partial charge in [0.1, 0.15) is 4.21 Å². The Hall–Kier alpha value is -2.76. The van der Waals surface area contributed by atoms with Crippen LogP contribution in [0.3, 0.4) is 0 Å². The number of primary sulfonamides is 1. The van der Waals surface area contributed by atoms with Gasteiger partial charge in [0.15, 0.2) is 6.61 Å². The van der Waals surface area contributed by atoms with Crippen LogP contribution in [-0.2, 0) is 26.1 Å². The van der Waals surface area contributed by atoms with E-state index >= 15 is 0 Å². The monoisotopic (exact) mass is 397 g/mol. The minimum absolute atomic E-state index is 0.0552. The number of carbonyl (C=O) groups is 3. The standard InChI is InChI=1S/C15H15N3O6S2/c16-26(22,23)13-6-11(9-25-13)14(20)24-8-12(19)18-15(21)17-7-10-4-2-1-3-5-10/h1-6,9H,7-8H2,(H2,16,22,23)(H2,17,18,19,21). The molecule has 26 heavy (non-hydrogen) atoms. The van der Waals surface area contributed by atoms with Crippen LogP contribution < -0.4 is 15.8 Å². The first-order valence-electron chi connectivity index (χ1n) is 7.16. The van der Waals surface area contributed by atoms with Crippen molar-refractivity contribution in [2.45, 2.75) is 10.8 Å². The summed E-state index contributed by atoms with van der Waals surface area (Å²) < 4.78 is 26.8. The molecule has 2 aromatic rings. The minimum atomic E-state index is -3.91. The molecule has 4 N–H and O–H groups in total. The number of urea groups is 1. The van der Waals surface area contributed by atoms with Gasteiger partial charge < -0.3 is 10.1 Å². The topological polar surface area (TPSA) is 145 Å². The molecule has 0 bridgehead atoms. The lowest BCUT2D eigenvalue weighted by atomic mass is 10.2. The Labute approximate surface area is 153 Å². The number of nitrogens with two attached hydrogens (primary N) is 1. The Morgan fingerprint density at radius 1 is 1.15 bits per heavy atom. The summed E-state index contributed by atoms with van der Waals surface area (Å²) in [4.78, 5) is 34.9. The van der Waals surface area contributed by atoms with Crippen molar-refractivity contribution in [1.82, 2.24) is 10.6 Å². The number of carbonyl (C=O) groups excluding carboxylic acids is 3. The molecule has 0 unspecified atom stereocenters. The number of thiophene rings is 1. The Kier molecular flexibility index (Phi) is 6.44. The highest BCUT2D eigenvalue weighted by Crippen LogP contribution is 2.19. The molecule has 138 valence electrons. The molecule has 0 fully saturated rings. The maximum atomic E-state index is 11.8. The van der Waals surface area contributed by atoms with Crippen LogP contribution in [0, 0.1) is 0 Å². The highest BCUT2D eigenvalue weighted by atomic mass is 32.2. The summed E-state index contributed by atoms with van der Waals surface area (Å²) in [6.07, 6.45) is 0. The lowest BCUT2D eigenvalue weighted by molar-refractivity contribution is -0.123. The van der Waals surface area contributed by atoms with Gasteiger partial charge in [-0.3, -0.25) is 10.1 Å². The van der Waals surface area contributed by atoms with Gasteiger partial charge >= 0.3 is 12.0 Å². The van der Waals surface area contributed by atoms with Crippen molar-refractivity contribution < 1.29 is 27.5 Å². The molecule has 0 saturated carbocycles. The van der Waals surface area contributed by atoms with Gasteiger partial charge in [0.25, 0.3) is 5.91 Å². The second-order valence-corrected chi connectivity index (χ2v) is 7.69. The number of nitrogens with one attached hydrogen (secondary N) is 2. The lowest BCUT2D eigenvalue weighted by Gasteiger charge is -2.07. The van der Waals surface area contributed by atoms with E-state index < -0.39 is 34.5 Å². The van der Waals surface area contributed by atoms with Crippen LogP contribution in [0.5, 0.6) is 0 Å². The number of esters is 1. The third kappa shape index (κ3) is 5.95. The summed E-state index contributed by atoms with van der Waals surface area (Å²) in [6, 6.07) is 9.38. The van der Waals surface area contributed by atoms with Gasteiger partial charge in [0, 0.05) is 11.9 Å². The maximum Gasteiger partial charge on any atom is 0.339 e. The maximum absolute atomic E-state index is 11.8. The van der Waals surface area contributed by atoms with Crippen LogP contribution in [0.15, 0.2) is 46.0 Å². The van der Waals surface area contributed by atoms with Gasteiger partial charge in [0.05, 0.1) is 5.56 Å². The lowest BCUT2D eigenvalue weighted by Crippen LogP contribution is -2.41. The van der Waals surface area contributed by atoms with E-state index in [1.54, 1.807) is 12.1 Å². The van der Waals surface area contributed by atoms with E-state index in [1.807, 2.05) is 23.5 Å². The SMILES string of the molecule is NS(=O)(=O)c1cc(C(=O)OCC(=O)NC(=O)NCc2ccccc2)cs1. The molecule has 11 heteroatoms. The average molecular weight is 397 g/mol. The van der Waals surface area contributed by atoms with Gasteiger partial charge in [-0.05, 0) is 11.6 Å². The molecule has 9 nitrogen and oxygen atoms in total. The Morgan fingerprint density at radius 3 is 2.46 bits per heavy atom. The number of imide groups is 1. The number of sulfonamides is 1. The van der Waals surface area contributed by atoms with E-state index in [9.17, 15) is 22.8 Å². The summed E-state index contributed by atoms with van der Waals surface area (Å²) in [7, 11) is -3.91. The highest BCUT2D eigenvalue weighted by Gasteiger charge is 2.17. The molecular formula is C15H15N3O6S2. The first-order valence-corrected chi connectivity index (χ1v) is 9.58. The first-order chi connectivity index (χ1) is 12.3. The molecule has 0 aliphatic rings. The van der Waals surface area contributed by atoms with E-state index in [-0.39, 0.29) is 16.3 Å². The minimum Gasteiger partial charge on any atom is -0.452 e. The van der Waals surface area contributed by atoms with Crippen LogP contribution in [0.1, 0.15) is 15.9 Å². The van der Waals surface area contributed by atoms with Crippen molar-refractivity contribution in [3.05, 3.63) is 52.9 Å². The third-order valence-electron chi connectivity index (χ3n) is 2.97. The molecule has 1 aromatic carbocycles. The van der Waals surface area contributed by atoms with Gasteiger partial charge in [-0.1, -0.05) is 30.3 Å². The molecule has 0 saturated heterocycles. The van der Waals surface area contributed by atoms with Crippen molar-refractivity contribution in [2.24, 2.45) is 5.14 Å². The summed E-state index contributed by atoms with van der Waals surface area (Å²) in [5, 5.41) is 10.7. The fraction of sp³-hybridized carbons (Fsp3) is 0.133. The average Bonchev–Trinajstić information content (AvgIpc) is 3.09. The number of ether oxygens (including phenoxy) is 1. The van der Waals surface area contributed by atoms with E-state index in [0.29, 0.717) is 0 Å². The van der Waals surface area contributed by atoms with Crippen LogP contribution in [-0.4, -0.2) is 32.9 Å². The van der Waals surface area contributed by atoms with Gasteiger partial charge in [-0.15, -0.1) is 11.3 Å². The Bertz CT molecular complexity index is 908. The van der Waals surface area contributed by atoms with E-state index in [1.165, 1.54) is 5.38 Å². The van der Waals surface area contributed by atoms with Crippen molar-refractivity contribution in [1.29, 1.82) is 0 Å². The largest absolute Gasteiger partial charge is 0.452 e. The predicted molar refractivity (Wildman–Crippen MR) is 92.8 cm³/mol. The number of amides is 3. The van der Waals surface area contributed by atoms with Crippen LogP contribution in [0.25, 0.3) is 0 Å². The Balaban J connectivity index is 1.76. The van der Waals surface area contributed by atoms with Crippen LogP contribution in [0.2, 0.25) is 0 Å². The van der Waals surface area contributed by atoms with Crippen molar-refractivity contribution in [2.75, 3.05) is 6.61 Å². The smallest absolute Gasteiger partial charge is 0.339 e. The van der Waals surface area contributed by atoms with E-state index in [2.05, 4.69) is 5.32 Å². The Morgan fingerprint density at radius 2 is 1.85 bits per heavy atom. The molecule has 0 aliphatic carbocycles. The number of hydrogen-bond donors (Lipinski definition) is 3. The zero-order valence-corrected chi connectivity index (χ0v) is 14.9. The van der Waals surface area contributed by atoms with Crippen molar-refractivity contribution >= 4 is 39.3 Å². The first kappa shape index (κ1) is 19.6. The molecular weight excluding hydrogens is 382 g/mol. The number of hydrogen-bond acceptors (Lipinski definition) is 7. The fourth-order valence-corrected chi connectivity index (χ4v) is 3.35. The number of rotatable bonds is 6. The van der Waals surface area contributed by atoms with Crippen molar-refractivity contribution in [3.63, 3.8) is 0 Å². The quantitative estimate of drug-likeness (QED) is 0.608. The number of benzene rings is 1. The van der Waals surface area contributed by atoms with Gasteiger partial charge in [-0.25, -0.2) is 23.1 Å². The summed E-state index contributed by atoms with van der Waals surface area (Å²) >= 11 is 0.756. The molecule has 2 rings (SSSR count). The molecule has 0 aliphatic heterocycles. The normalized spacial score (nSPS) is 10.8. The molecule has 1 aromatic heterocycles. The molecule has 3 amide bonds. The molecule has 1 heterocycles. The zero-order valence-electron chi connectivity index (χ0n) is 13.3. The predicted octanol–water partition coefficient (Wildman–Crippen LogP) is 0.578.